The Morgan fingerprint density at radius 3 is 2.91 bits per heavy atom. The second-order valence-corrected chi connectivity index (χ2v) is 7.85. The smallest absolute Gasteiger partial charge is 0.256 e. The summed E-state index contributed by atoms with van der Waals surface area (Å²) in [4.78, 5) is 17.5. The Morgan fingerprint density at radius 1 is 1.12 bits per heavy atom. The number of carbonyl (C=O) groups is 1. The number of hydrogen-bond acceptors (Lipinski definition) is 5. The number of fused-ring (bicyclic) bond motifs is 2. The van der Waals surface area contributed by atoms with Crippen LogP contribution in [0, 0.1) is 6.92 Å². The van der Waals surface area contributed by atoms with E-state index in [0.29, 0.717) is 23.5 Å². The van der Waals surface area contributed by atoms with E-state index in [9.17, 15) is 4.79 Å². The highest BCUT2D eigenvalue weighted by Crippen LogP contribution is 2.29. The molecule has 0 saturated heterocycles. The second kappa shape index (κ2) is 8.23. The minimum atomic E-state index is -0.204. The van der Waals surface area contributed by atoms with Crippen LogP contribution in [0.5, 0.6) is 11.5 Å². The van der Waals surface area contributed by atoms with Crippen molar-refractivity contribution in [2.45, 2.75) is 20.0 Å². The normalized spacial score (nSPS) is 12.3. The summed E-state index contributed by atoms with van der Waals surface area (Å²) in [5.41, 5.74) is 11.6. The molecule has 32 heavy (non-hydrogen) atoms. The van der Waals surface area contributed by atoms with Gasteiger partial charge in [0.25, 0.3) is 5.91 Å². The van der Waals surface area contributed by atoms with Crippen molar-refractivity contribution in [2.24, 2.45) is 0 Å². The number of rotatable bonds is 5. The van der Waals surface area contributed by atoms with Crippen molar-refractivity contribution in [2.75, 3.05) is 17.7 Å². The molecular formula is C26H23N3O3. The van der Waals surface area contributed by atoms with Crippen molar-refractivity contribution >= 4 is 28.2 Å². The van der Waals surface area contributed by atoms with E-state index < -0.39 is 0 Å². The van der Waals surface area contributed by atoms with Gasteiger partial charge >= 0.3 is 0 Å². The van der Waals surface area contributed by atoms with Crippen molar-refractivity contribution < 1.29 is 14.3 Å². The van der Waals surface area contributed by atoms with Crippen molar-refractivity contribution in [1.82, 2.24) is 4.98 Å². The molecule has 0 spiro atoms. The zero-order chi connectivity index (χ0) is 22.1. The molecule has 0 radical (unpaired) electrons. The first-order chi connectivity index (χ1) is 15.6. The van der Waals surface area contributed by atoms with Crippen LogP contribution in [0.25, 0.3) is 10.9 Å². The molecule has 6 nitrogen and oxygen atoms in total. The number of aromatic nitrogens is 1. The molecule has 2 heterocycles. The number of aryl methyl sites for hydroxylation is 1. The standard InChI is InChI=1S/C26H23N3O3/c1-16-12-23(27)22-14-19(6-8-24(22)28-16)29-26(30)21-5-3-2-4-18(21)15-32-20-7-9-25-17(13-20)10-11-31-25/h2-9,12-14H,10-11,15H2,1H3,(H2,27,28)(H,29,30). The molecule has 0 aliphatic carbocycles. The van der Waals surface area contributed by atoms with Crippen molar-refractivity contribution in [3.05, 3.63) is 89.1 Å². The molecule has 4 aromatic rings. The third-order valence-corrected chi connectivity index (χ3v) is 5.54. The maximum Gasteiger partial charge on any atom is 0.256 e. The molecule has 0 unspecified atom stereocenters. The molecule has 6 heteroatoms. The van der Waals surface area contributed by atoms with Gasteiger partial charge in [-0.05, 0) is 55.5 Å². The van der Waals surface area contributed by atoms with Crippen LogP contribution in [0.15, 0.2) is 66.7 Å². The summed E-state index contributed by atoms with van der Waals surface area (Å²) in [6.07, 6.45) is 0.886. The number of anilines is 2. The second-order valence-electron chi connectivity index (χ2n) is 7.85. The van der Waals surface area contributed by atoms with Gasteiger partial charge in [-0.1, -0.05) is 18.2 Å². The van der Waals surface area contributed by atoms with E-state index in [1.807, 2.05) is 67.6 Å². The summed E-state index contributed by atoms with van der Waals surface area (Å²) in [5, 5.41) is 3.78. The quantitative estimate of drug-likeness (QED) is 0.475. The molecule has 3 aromatic carbocycles. The predicted molar refractivity (Wildman–Crippen MR) is 125 cm³/mol. The van der Waals surface area contributed by atoms with Gasteiger partial charge in [0.2, 0.25) is 0 Å². The number of carbonyl (C=O) groups excluding carboxylic acids is 1. The first-order valence-electron chi connectivity index (χ1n) is 10.5. The number of nitrogens with zero attached hydrogens (tertiary/aromatic N) is 1. The average Bonchev–Trinajstić information content (AvgIpc) is 3.26. The van der Waals surface area contributed by atoms with E-state index in [0.717, 1.165) is 45.6 Å². The number of nitrogens with two attached hydrogens (primary N) is 1. The summed E-state index contributed by atoms with van der Waals surface area (Å²) in [6, 6.07) is 20.6. The Hall–Kier alpha value is -4.06. The minimum Gasteiger partial charge on any atom is -0.493 e. The summed E-state index contributed by atoms with van der Waals surface area (Å²) < 4.78 is 11.5. The lowest BCUT2D eigenvalue weighted by atomic mass is 10.1. The van der Waals surface area contributed by atoms with Gasteiger partial charge in [0.05, 0.1) is 12.1 Å². The topological polar surface area (TPSA) is 86.5 Å². The van der Waals surface area contributed by atoms with Gasteiger partial charge in [0.15, 0.2) is 0 Å². The molecule has 1 aromatic heterocycles. The van der Waals surface area contributed by atoms with E-state index in [2.05, 4.69) is 10.3 Å². The van der Waals surface area contributed by atoms with E-state index in [1.54, 1.807) is 6.07 Å². The molecule has 1 amide bonds. The van der Waals surface area contributed by atoms with Crippen LogP contribution >= 0.6 is 0 Å². The van der Waals surface area contributed by atoms with Gasteiger partial charge in [0.1, 0.15) is 18.1 Å². The number of benzene rings is 3. The number of amides is 1. The molecule has 0 fully saturated rings. The lowest BCUT2D eigenvalue weighted by Crippen LogP contribution is -2.15. The predicted octanol–water partition coefficient (Wildman–Crippen LogP) is 4.89. The first kappa shape index (κ1) is 19.9. The molecular weight excluding hydrogens is 402 g/mol. The lowest BCUT2D eigenvalue weighted by molar-refractivity contribution is 0.102. The van der Waals surface area contributed by atoms with Gasteiger partial charge in [-0.3, -0.25) is 9.78 Å². The maximum absolute atomic E-state index is 13.0. The number of nitrogens with one attached hydrogen (secondary N) is 1. The number of hydrogen-bond donors (Lipinski definition) is 2. The van der Waals surface area contributed by atoms with Gasteiger partial charge in [-0.2, -0.15) is 0 Å². The summed E-state index contributed by atoms with van der Waals surface area (Å²) >= 11 is 0. The highest BCUT2D eigenvalue weighted by molar-refractivity contribution is 6.06. The summed E-state index contributed by atoms with van der Waals surface area (Å²) in [5.74, 6) is 1.47. The monoisotopic (exact) mass is 425 g/mol. The fourth-order valence-corrected chi connectivity index (χ4v) is 3.95. The third kappa shape index (κ3) is 3.95. The van der Waals surface area contributed by atoms with E-state index in [4.69, 9.17) is 15.2 Å². The fraction of sp³-hybridized carbons (Fsp3) is 0.154. The Morgan fingerprint density at radius 2 is 2.00 bits per heavy atom. The highest BCUT2D eigenvalue weighted by atomic mass is 16.5. The Labute approximate surface area is 186 Å². The van der Waals surface area contributed by atoms with Crippen LogP contribution in [0.3, 0.4) is 0 Å². The van der Waals surface area contributed by atoms with E-state index in [1.165, 1.54) is 0 Å². The molecule has 160 valence electrons. The summed E-state index contributed by atoms with van der Waals surface area (Å²) in [7, 11) is 0. The zero-order valence-electron chi connectivity index (χ0n) is 17.7. The van der Waals surface area contributed by atoms with Crippen LogP contribution in [-0.2, 0) is 13.0 Å². The first-order valence-corrected chi connectivity index (χ1v) is 10.5. The molecule has 0 saturated carbocycles. The van der Waals surface area contributed by atoms with Crippen LogP contribution in [0.4, 0.5) is 11.4 Å². The third-order valence-electron chi connectivity index (χ3n) is 5.54. The number of pyridine rings is 1. The van der Waals surface area contributed by atoms with E-state index >= 15 is 0 Å². The fourth-order valence-electron chi connectivity index (χ4n) is 3.95. The largest absolute Gasteiger partial charge is 0.493 e. The number of ether oxygens (including phenoxy) is 2. The molecule has 5 rings (SSSR count). The van der Waals surface area contributed by atoms with Gasteiger partial charge < -0.3 is 20.5 Å². The molecule has 1 aliphatic rings. The van der Waals surface area contributed by atoms with Crippen LogP contribution in [0.1, 0.15) is 27.2 Å². The average molecular weight is 425 g/mol. The molecule has 0 bridgehead atoms. The lowest BCUT2D eigenvalue weighted by Gasteiger charge is -2.13. The molecule has 1 aliphatic heterocycles. The Kier molecular flexibility index (Phi) is 5.11. The molecule has 0 atom stereocenters. The minimum absolute atomic E-state index is 0.204. The van der Waals surface area contributed by atoms with Crippen LogP contribution in [0.2, 0.25) is 0 Å². The van der Waals surface area contributed by atoms with Crippen LogP contribution < -0.4 is 20.5 Å². The van der Waals surface area contributed by atoms with Gasteiger partial charge in [-0.25, -0.2) is 0 Å². The highest BCUT2D eigenvalue weighted by Gasteiger charge is 2.15. The van der Waals surface area contributed by atoms with Crippen molar-refractivity contribution in [3.8, 4) is 11.5 Å². The Bertz CT molecular complexity index is 1330. The van der Waals surface area contributed by atoms with Gasteiger partial charge in [-0.15, -0.1) is 0 Å². The molecule has 3 N–H and O–H groups in total. The van der Waals surface area contributed by atoms with Crippen LogP contribution in [-0.4, -0.2) is 17.5 Å². The number of nitrogen functional groups attached to an aromatic ring is 1. The van der Waals surface area contributed by atoms with Gasteiger partial charge in [0, 0.05) is 45.6 Å². The SMILES string of the molecule is Cc1cc(N)c2cc(NC(=O)c3ccccc3COc3ccc4c(c3)CCO4)ccc2n1. The zero-order valence-corrected chi connectivity index (χ0v) is 17.7. The maximum atomic E-state index is 13.0. The van der Waals surface area contributed by atoms with E-state index in [-0.39, 0.29) is 12.5 Å². The Balaban J connectivity index is 1.34. The van der Waals surface area contributed by atoms with Crippen molar-refractivity contribution in [3.63, 3.8) is 0 Å². The summed E-state index contributed by atoms with van der Waals surface area (Å²) in [6.45, 7) is 2.90. The van der Waals surface area contributed by atoms with Crippen molar-refractivity contribution in [1.29, 1.82) is 0 Å².